The highest BCUT2D eigenvalue weighted by Crippen LogP contribution is 2.27. The van der Waals surface area contributed by atoms with Crippen LogP contribution in [0.3, 0.4) is 0 Å². The molecule has 2 rings (SSSR count). The first kappa shape index (κ1) is 18.0. The second kappa shape index (κ2) is 8.46. The Morgan fingerprint density at radius 3 is 2.57 bits per heavy atom. The maximum absolute atomic E-state index is 12.6. The topological polar surface area (TPSA) is 52.6 Å². The molecule has 1 saturated heterocycles. The van der Waals surface area contributed by atoms with Crippen LogP contribution >= 0.6 is 0 Å². The molecule has 128 valence electrons. The normalized spacial score (nSPS) is 19.3. The minimum Gasteiger partial charge on any atom is -0.396 e. The molecule has 4 nitrogen and oxygen atoms in total. The number of piperidine rings is 1. The van der Waals surface area contributed by atoms with Crippen LogP contribution in [0.4, 0.5) is 5.69 Å². The Morgan fingerprint density at radius 2 is 1.96 bits per heavy atom. The minimum absolute atomic E-state index is 0.0585. The Labute approximate surface area is 139 Å². The summed E-state index contributed by atoms with van der Waals surface area (Å²) in [5.74, 6) is 0.887. The first-order valence-electron chi connectivity index (χ1n) is 8.81. The monoisotopic (exact) mass is 318 g/mol. The highest BCUT2D eigenvalue weighted by Gasteiger charge is 2.26. The van der Waals surface area contributed by atoms with Crippen molar-refractivity contribution in [3.63, 3.8) is 0 Å². The second-order valence-electron chi connectivity index (χ2n) is 6.72. The molecule has 0 bridgehead atoms. The summed E-state index contributed by atoms with van der Waals surface area (Å²) in [4.78, 5) is 14.8. The number of aliphatic hydroxyl groups is 1. The number of aliphatic hydroxyl groups excluding tert-OH is 1. The molecule has 2 unspecified atom stereocenters. The molecule has 2 atom stereocenters. The van der Waals surface area contributed by atoms with E-state index in [2.05, 4.69) is 30.1 Å². The number of benzene rings is 1. The first-order valence-corrected chi connectivity index (χ1v) is 8.81. The summed E-state index contributed by atoms with van der Waals surface area (Å²) in [7, 11) is 0. The average molecular weight is 318 g/mol. The number of amides is 1. The van der Waals surface area contributed by atoms with Crippen molar-refractivity contribution < 1.29 is 9.90 Å². The van der Waals surface area contributed by atoms with Gasteiger partial charge >= 0.3 is 0 Å². The van der Waals surface area contributed by atoms with Crippen LogP contribution < -0.4 is 5.32 Å². The lowest BCUT2D eigenvalue weighted by atomic mass is 9.96. The van der Waals surface area contributed by atoms with Gasteiger partial charge in [-0.15, -0.1) is 0 Å². The zero-order chi connectivity index (χ0) is 16.8. The molecular formula is C19H30N2O2. The van der Waals surface area contributed by atoms with Crippen molar-refractivity contribution in [1.29, 1.82) is 0 Å². The standard InChI is InChI=1S/C19H30N2O2/c1-4-14(2)17-7-5-6-8-18(17)20-19(23)15(3)21-11-9-16(13-22)10-12-21/h5-8,14-16,22H,4,9-13H2,1-3H3,(H,20,23). The van der Waals surface area contributed by atoms with Crippen LogP contribution in [0.25, 0.3) is 0 Å². The Balaban J connectivity index is 1.99. The molecule has 1 aliphatic rings. The fourth-order valence-corrected chi connectivity index (χ4v) is 3.19. The van der Waals surface area contributed by atoms with E-state index < -0.39 is 0 Å². The van der Waals surface area contributed by atoms with Gasteiger partial charge in [0.2, 0.25) is 5.91 Å². The van der Waals surface area contributed by atoms with Gasteiger partial charge in [-0.3, -0.25) is 9.69 Å². The first-order chi connectivity index (χ1) is 11.1. The van der Waals surface area contributed by atoms with Crippen molar-refractivity contribution in [3.05, 3.63) is 29.8 Å². The fourth-order valence-electron chi connectivity index (χ4n) is 3.19. The van der Waals surface area contributed by atoms with Crippen LogP contribution in [-0.2, 0) is 4.79 Å². The van der Waals surface area contributed by atoms with Crippen molar-refractivity contribution in [3.8, 4) is 0 Å². The Bertz CT molecular complexity index is 510. The van der Waals surface area contributed by atoms with Gasteiger partial charge in [0.1, 0.15) is 0 Å². The molecule has 0 aromatic heterocycles. The smallest absolute Gasteiger partial charge is 0.241 e. The molecule has 0 spiro atoms. The van der Waals surface area contributed by atoms with Crippen LogP contribution in [0.2, 0.25) is 0 Å². The molecule has 1 amide bonds. The highest BCUT2D eigenvalue weighted by atomic mass is 16.3. The van der Waals surface area contributed by atoms with Crippen LogP contribution in [0, 0.1) is 5.92 Å². The molecule has 4 heteroatoms. The van der Waals surface area contributed by atoms with E-state index in [1.54, 1.807) is 0 Å². The maximum atomic E-state index is 12.6. The zero-order valence-corrected chi connectivity index (χ0v) is 14.6. The SMILES string of the molecule is CCC(C)c1ccccc1NC(=O)C(C)N1CCC(CO)CC1. The predicted octanol–water partition coefficient (Wildman–Crippen LogP) is 3.23. The van der Waals surface area contributed by atoms with Crippen molar-refractivity contribution in [2.24, 2.45) is 5.92 Å². The van der Waals surface area contributed by atoms with E-state index in [0.29, 0.717) is 11.8 Å². The van der Waals surface area contributed by atoms with Crippen LogP contribution in [0.5, 0.6) is 0 Å². The largest absolute Gasteiger partial charge is 0.396 e. The number of para-hydroxylation sites is 1. The van der Waals surface area contributed by atoms with Crippen molar-refractivity contribution in [2.75, 3.05) is 25.0 Å². The summed E-state index contributed by atoms with van der Waals surface area (Å²) in [6.07, 6.45) is 2.99. The molecule has 0 saturated carbocycles. The number of rotatable bonds is 6. The molecule has 0 radical (unpaired) electrons. The summed E-state index contributed by atoms with van der Waals surface area (Å²) in [5.41, 5.74) is 2.14. The predicted molar refractivity (Wildman–Crippen MR) is 94.6 cm³/mol. The second-order valence-corrected chi connectivity index (χ2v) is 6.72. The summed E-state index contributed by atoms with van der Waals surface area (Å²) in [6.45, 7) is 8.35. The van der Waals surface area contributed by atoms with Gasteiger partial charge in [0.05, 0.1) is 6.04 Å². The number of anilines is 1. The number of nitrogens with zero attached hydrogens (tertiary/aromatic N) is 1. The van der Waals surface area contributed by atoms with E-state index in [9.17, 15) is 9.90 Å². The highest BCUT2D eigenvalue weighted by molar-refractivity contribution is 5.95. The van der Waals surface area contributed by atoms with Gasteiger partial charge in [-0.1, -0.05) is 32.0 Å². The Hall–Kier alpha value is -1.39. The number of hydrogen-bond acceptors (Lipinski definition) is 3. The summed E-state index contributed by atoms with van der Waals surface area (Å²) >= 11 is 0. The lowest BCUT2D eigenvalue weighted by molar-refractivity contribution is -0.121. The third kappa shape index (κ3) is 4.55. The summed E-state index contributed by atoms with van der Waals surface area (Å²) < 4.78 is 0. The van der Waals surface area contributed by atoms with Crippen molar-refractivity contribution in [1.82, 2.24) is 4.90 Å². The molecule has 2 N–H and O–H groups in total. The Morgan fingerprint density at radius 1 is 1.30 bits per heavy atom. The third-order valence-corrected chi connectivity index (χ3v) is 5.20. The molecule has 1 fully saturated rings. The molecule has 1 heterocycles. The zero-order valence-electron chi connectivity index (χ0n) is 14.6. The third-order valence-electron chi connectivity index (χ3n) is 5.20. The molecule has 1 aromatic rings. The number of carbonyl (C=O) groups excluding carboxylic acids is 1. The molecule has 0 aliphatic carbocycles. The van der Waals surface area contributed by atoms with E-state index in [0.717, 1.165) is 38.0 Å². The molecule has 23 heavy (non-hydrogen) atoms. The van der Waals surface area contributed by atoms with Crippen LogP contribution in [0.1, 0.15) is 51.5 Å². The van der Waals surface area contributed by atoms with E-state index >= 15 is 0 Å². The van der Waals surface area contributed by atoms with Gasteiger partial charge in [-0.05, 0) is 62.7 Å². The van der Waals surface area contributed by atoms with Gasteiger partial charge in [0, 0.05) is 12.3 Å². The van der Waals surface area contributed by atoms with E-state index in [4.69, 9.17) is 0 Å². The lowest BCUT2D eigenvalue weighted by Gasteiger charge is -2.34. The minimum atomic E-state index is -0.139. The van der Waals surface area contributed by atoms with E-state index in [1.807, 2.05) is 25.1 Å². The van der Waals surface area contributed by atoms with Gasteiger partial charge in [-0.25, -0.2) is 0 Å². The Kier molecular flexibility index (Phi) is 6.60. The van der Waals surface area contributed by atoms with Crippen LogP contribution in [0.15, 0.2) is 24.3 Å². The molecular weight excluding hydrogens is 288 g/mol. The summed E-state index contributed by atoms with van der Waals surface area (Å²) in [6, 6.07) is 7.95. The number of carbonyl (C=O) groups is 1. The van der Waals surface area contributed by atoms with Gasteiger partial charge in [-0.2, -0.15) is 0 Å². The quantitative estimate of drug-likeness (QED) is 0.846. The summed E-state index contributed by atoms with van der Waals surface area (Å²) in [5, 5.41) is 12.3. The van der Waals surface area contributed by atoms with Crippen molar-refractivity contribution >= 4 is 11.6 Å². The lowest BCUT2D eigenvalue weighted by Crippen LogP contribution is -2.46. The fraction of sp³-hybridized carbons (Fsp3) is 0.632. The average Bonchev–Trinajstić information content (AvgIpc) is 2.61. The van der Waals surface area contributed by atoms with Crippen LogP contribution in [-0.4, -0.2) is 41.7 Å². The number of likely N-dealkylation sites (tertiary alicyclic amines) is 1. The van der Waals surface area contributed by atoms with E-state index in [-0.39, 0.29) is 18.6 Å². The molecule has 1 aliphatic heterocycles. The number of nitrogens with one attached hydrogen (secondary N) is 1. The van der Waals surface area contributed by atoms with Gasteiger partial charge in [0.15, 0.2) is 0 Å². The maximum Gasteiger partial charge on any atom is 0.241 e. The van der Waals surface area contributed by atoms with Gasteiger partial charge < -0.3 is 10.4 Å². The van der Waals surface area contributed by atoms with Gasteiger partial charge in [0.25, 0.3) is 0 Å². The molecule has 1 aromatic carbocycles. The number of hydrogen-bond donors (Lipinski definition) is 2. The van der Waals surface area contributed by atoms with Crippen molar-refractivity contribution in [2.45, 2.75) is 52.0 Å². The van der Waals surface area contributed by atoms with E-state index in [1.165, 1.54) is 5.56 Å².